The predicted molar refractivity (Wildman–Crippen MR) is 79.8 cm³/mol. The van der Waals surface area contributed by atoms with Gasteiger partial charge >= 0.3 is 12.0 Å². The fraction of sp³-hybridized carbons (Fsp3) is 0.429. The van der Waals surface area contributed by atoms with Gasteiger partial charge in [-0.3, -0.25) is 0 Å². The van der Waals surface area contributed by atoms with Crippen LogP contribution in [0.4, 0.5) is 4.79 Å². The van der Waals surface area contributed by atoms with Crippen molar-refractivity contribution in [2.45, 2.75) is 25.1 Å². The highest BCUT2D eigenvalue weighted by Gasteiger charge is 2.39. The number of nitrogens with zero attached hydrogens (tertiary/aromatic N) is 2. The summed E-state index contributed by atoms with van der Waals surface area (Å²) >= 11 is 3.37. The molecule has 1 aliphatic rings. The number of hydrogen-bond acceptors (Lipinski definition) is 3. The third-order valence-corrected chi connectivity index (χ3v) is 3.94. The normalized spacial score (nSPS) is 21.4. The van der Waals surface area contributed by atoms with E-state index in [1.807, 2.05) is 24.3 Å². The molecule has 0 aliphatic carbocycles. The molecule has 0 unspecified atom stereocenters. The minimum atomic E-state index is -1.09. The fourth-order valence-corrected chi connectivity index (χ4v) is 2.90. The Hall–Kier alpha value is -1.60. The van der Waals surface area contributed by atoms with Gasteiger partial charge in [-0.1, -0.05) is 28.1 Å². The summed E-state index contributed by atoms with van der Waals surface area (Å²) in [6.45, 7) is 0.426. The van der Waals surface area contributed by atoms with Crippen LogP contribution in [0.25, 0.3) is 0 Å². The Bertz CT molecular complexity index is 552. The zero-order valence-corrected chi connectivity index (χ0v) is 13.2. The minimum Gasteiger partial charge on any atom is -0.480 e. The molecule has 2 amide bonds. The highest BCUT2D eigenvalue weighted by molar-refractivity contribution is 9.10. The highest BCUT2D eigenvalue weighted by Crippen LogP contribution is 2.21. The number of carbonyl (C=O) groups excluding carboxylic acids is 1. The Kier molecular flexibility index (Phi) is 4.84. The van der Waals surface area contributed by atoms with Gasteiger partial charge in [0.2, 0.25) is 0 Å². The lowest BCUT2D eigenvalue weighted by Crippen LogP contribution is -2.46. The molecular formula is C14H17BrN2O4. The average Bonchev–Trinajstić information content (AvgIpc) is 2.80. The van der Waals surface area contributed by atoms with E-state index in [1.165, 1.54) is 9.80 Å². The summed E-state index contributed by atoms with van der Waals surface area (Å²) in [4.78, 5) is 26.2. The van der Waals surface area contributed by atoms with Crippen molar-refractivity contribution in [1.82, 2.24) is 9.80 Å². The van der Waals surface area contributed by atoms with E-state index < -0.39 is 18.1 Å². The van der Waals surface area contributed by atoms with E-state index in [2.05, 4.69) is 15.9 Å². The SMILES string of the molecule is CN(Cc1cccc(Br)c1)C(=O)N1C[C@H](O)C[C@H]1C(=O)O. The second-order valence-corrected chi connectivity index (χ2v) is 6.08. The zero-order chi connectivity index (χ0) is 15.6. The largest absolute Gasteiger partial charge is 0.480 e. The molecule has 1 heterocycles. The number of benzene rings is 1. The first-order valence-corrected chi connectivity index (χ1v) is 7.35. The van der Waals surface area contributed by atoms with Gasteiger partial charge in [0.15, 0.2) is 0 Å². The van der Waals surface area contributed by atoms with Crippen LogP contribution in [0.15, 0.2) is 28.7 Å². The van der Waals surface area contributed by atoms with E-state index in [4.69, 9.17) is 5.11 Å². The first-order chi connectivity index (χ1) is 9.88. The van der Waals surface area contributed by atoms with E-state index in [-0.39, 0.29) is 19.0 Å². The molecule has 0 saturated carbocycles. The molecule has 7 heteroatoms. The molecule has 6 nitrogen and oxygen atoms in total. The van der Waals surface area contributed by atoms with Crippen LogP contribution in [0, 0.1) is 0 Å². The first kappa shape index (κ1) is 15.8. The average molecular weight is 357 g/mol. The van der Waals surface area contributed by atoms with E-state index in [0.29, 0.717) is 6.54 Å². The molecule has 0 bridgehead atoms. The Morgan fingerprint density at radius 3 is 2.81 bits per heavy atom. The van der Waals surface area contributed by atoms with Gasteiger partial charge in [0.1, 0.15) is 6.04 Å². The number of carboxylic acid groups (broad SMARTS) is 1. The van der Waals surface area contributed by atoms with Crippen molar-refractivity contribution < 1.29 is 19.8 Å². The lowest BCUT2D eigenvalue weighted by atomic mass is 10.2. The van der Waals surface area contributed by atoms with Crippen LogP contribution in [0.3, 0.4) is 0 Å². The van der Waals surface area contributed by atoms with Gasteiger partial charge in [0.25, 0.3) is 0 Å². The van der Waals surface area contributed by atoms with Crippen LogP contribution in [0.1, 0.15) is 12.0 Å². The van der Waals surface area contributed by atoms with Gasteiger partial charge in [0.05, 0.1) is 6.10 Å². The summed E-state index contributed by atoms with van der Waals surface area (Å²) in [5.74, 6) is -1.09. The number of likely N-dealkylation sites (tertiary alicyclic amines) is 1. The summed E-state index contributed by atoms with van der Waals surface area (Å²) in [6, 6.07) is 6.20. The monoisotopic (exact) mass is 356 g/mol. The maximum Gasteiger partial charge on any atom is 0.326 e. The molecule has 114 valence electrons. The number of aliphatic carboxylic acids is 1. The number of urea groups is 1. The van der Waals surface area contributed by atoms with Gasteiger partial charge in [0, 0.05) is 31.0 Å². The summed E-state index contributed by atoms with van der Waals surface area (Å²) in [5.41, 5.74) is 0.937. The van der Waals surface area contributed by atoms with Crippen LogP contribution in [0.2, 0.25) is 0 Å². The number of β-amino-alcohol motifs (C(OH)–C–C–N with tert-alkyl or cyclic N) is 1. The number of halogens is 1. The quantitative estimate of drug-likeness (QED) is 0.860. The summed E-state index contributed by atoms with van der Waals surface area (Å²) in [7, 11) is 1.62. The maximum absolute atomic E-state index is 12.4. The molecule has 1 saturated heterocycles. The molecule has 0 aromatic heterocycles. The molecule has 1 aromatic carbocycles. The molecule has 2 N–H and O–H groups in total. The Labute approximate surface area is 131 Å². The fourth-order valence-electron chi connectivity index (χ4n) is 2.46. The number of rotatable bonds is 3. The highest BCUT2D eigenvalue weighted by atomic mass is 79.9. The zero-order valence-electron chi connectivity index (χ0n) is 11.6. The van der Waals surface area contributed by atoms with Crippen LogP contribution < -0.4 is 0 Å². The standard InChI is InChI=1S/C14H17BrN2O4/c1-16(7-9-3-2-4-10(15)5-9)14(21)17-8-11(18)6-12(17)13(19)20/h2-5,11-12,18H,6-8H2,1H3,(H,19,20)/t11-,12+/m1/s1. The van der Waals surface area contributed by atoms with Gasteiger partial charge in [-0.05, 0) is 17.7 Å². The van der Waals surface area contributed by atoms with Crippen LogP contribution in [-0.4, -0.2) is 57.8 Å². The molecule has 21 heavy (non-hydrogen) atoms. The van der Waals surface area contributed by atoms with Crippen LogP contribution in [-0.2, 0) is 11.3 Å². The van der Waals surface area contributed by atoms with Crippen molar-refractivity contribution in [2.24, 2.45) is 0 Å². The number of amides is 2. The van der Waals surface area contributed by atoms with Crippen molar-refractivity contribution in [2.75, 3.05) is 13.6 Å². The lowest BCUT2D eigenvalue weighted by molar-refractivity contribution is -0.141. The molecule has 1 aliphatic heterocycles. The van der Waals surface area contributed by atoms with Crippen LogP contribution in [0.5, 0.6) is 0 Å². The minimum absolute atomic E-state index is 0.0542. The molecule has 1 aromatic rings. The number of carboxylic acids is 1. The third-order valence-electron chi connectivity index (χ3n) is 3.45. The van der Waals surface area contributed by atoms with Crippen molar-refractivity contribution in [1.29, 1.82) is 0 Å². The maximum atomic E-state index is 12.4. The van der Waals surface area contributed by atoms with Crippen molar-refractivity contribution >= 4 is 27.9 Å². The number of carbonyl (C=O) groups is 2. The van der Waals surface area contributed by atoms with E-state index in [0.717, 1.165) is 10.0 Å². The molecule has 0 radical (unpaired) electrons. The number of aliphatic hydroxyl groups excluding tert-OH is 1. The van der Waals surface area contributed by atoms with Gasteiger partial charge < -0.3 is 20.0 Å². The summed E-state index contributed by atoms with van der Waals surface area (Å²) < 4.78 is 0.917. The molecule has 0 spiro atoms. The van der Waals surface area contributed by atoms with Crippen molar-refractivity contribution in [3.05, 3.63) is 34.3 Å². The number of hydrogen-bond donors (Lipinski definition) is 2. The molecule has 2 rings (SSSR count). The van der Waals surface area contributed by atoms with E-state index in [9.17, 15) is 14.7 Å². The van der Waals surface area contributed by atoms with Gasteiger partial charge in [-0.25, -0.2) is 9.59 Å². The van der Waals surface area contributed by atoms with Crippen molar-refractivity contribution in [3.63, 3.8) is 0 Å². The molecule has 1 fully saturated rings. The van der Waals surface area contributed by atoms with E-state index >= 15 is 0 Å². The Morgan fingerprint density at radius 1 is 1.48 bits per heavy atom. The predicted octanol–water partition coefficient (Wildman–Crippen LogP) is 1.52. The Balaban J connectivity index is 2.06. The molecule has 2 atom stereocenters. The van der Waals surface area contributed by atoms with Gasteiger partial charge in [-0.15, -0.1) is 0 Å². The molecular weight excluding hydrogens is 340 g/mol. The van der Waals surface area contributed by atoms with Gasteiger partial charge in [-0.2, -0.15) is 0 Å². The smallest absolute Gasteiger partial charge is 0.326 e. The number of aliphatic hydroxyl groups is 1. The van der Waals surface area contributed by atoms with Crippen molar-refractivity contribution in [3.8, 4) is 0 Å². The first-order valence-electron chi connectivity index (χ1n) is 6.55. The second-order valence-electron chi connectivity index (χ2n) is 5.16. The summed E-state index contributed by atoms with van der Waals surface area (Å²) in [6.07, 6.45) is -0.708. The Morgan fingerprint density at radius 2 is 2.19 bits per heavy atom. The van der Waals surface area contributed by atoms with Crippen LogP contribution >= 0.6 is 15.9 Å². The second kappa shape index (κ2) is 6.44. The summed E-state index contributed by atoms with van der Waals surface area (Å²) in [5, 5.41) is 18.7. The topological polar surface area (TPSA) is 81.1 Å². The lowest BCUT2D eigenvalue weighted by Gasteiger charge is -2.27. The third kappa shape index (κ3) is 3.74. The van der Waals surface area contributed by atoms with E-state index in [1.54, 1.807) is 7.05 Å².